The first-order valence-corrected chi connectivity index (χ1v) is 12.9. The Morgan fingerprint density at radius 3 is 2.06 bits per heavy atom. The monoisotopic (exact) mass is 504 g/mol. The molecule has 0 spiro atoms. The third-order valence-corrected chi connectivity index (χ3v) is 7.59. The summed E-state index contributed by atoms with van der Waals surface area (Å²) in [6.45, 7) is 1.60. The summed E-state index contributed by atoms with van der Waals surface area (Å²) < 4.78 is 28.2. The molecule has 7 heteroatoms. The van der Waals surface area contributed by atoms with Gasteiger partial charge in [-0.3, -0.25) is 9.10 Å². The molecule has 0 fully saturated rings. The van der Waals surface area contributed by atoms with E-state index in [4.69, 9.17) is 11.6 Å². The van der Waals surface area contributed by atoms with E-state index < -0.39 is 22.0 Å². The fraction of sp³-hybridized carbons (Fsp3) is 0.107. The number of sulfonamides is 1. The Kier molecular flexibility index (Phi) is 7.54. The largest absolute Gasteiger partial charge is 0.344 e. The average Bonchev–Trinajstić information content (AvgIpc) is 2.87. The molecule has 0 aliphatic carbocycles. The molecule has 1 amide bonds. The summed E-state index contributed by atoms with van der Waals surface area (Å²) >= 11 is 5.95. The Morgan fingerprint density at radius 2 is 1.43 bits per heavy atom. The molecule has 0 aliphatic rings. The van der Waals surface area contributed by atoms with Gasteiger partial charge in [-0.1, -0.05) is 90.0 Å². The Labute approximate surface area is 211 Å². The summed E-state index contributed by atoms with van der Waals surface area (Å²) in [4.78, 5) is 13.4. The minimum Gasteiger partial charge on any atom is -0.344 e. The van der Waals surface area contributed by atoms with Crippen LogP contribution in [0.4, 0.5) is 5.69 Å². The van der Waals surface area contributed by atoms with Crippen molar-refractivity contribution in [3.8, 4) is 0 Å². The SMILES string of the molecule is Cc1cccc(C(NC(=O)CN(c2ccccc2)S(=O)(=O)c2ccc(Cl)cc2)c2ccccc2)c1. The van der Waals surface area contributed by atoms with Gasteiger partial charge in [-0.15, -0.1) is 0 Å². The lowest BCUT2D eigenvalue weighted by Gasteiger charge is -2.26. The Morgan fingerprint density at radius 1 is 0.829 bits per heavy atom. The summed E-state index contributed by atoms with van der Waals surface area (Å²) in [6, 6.07) is 31.5. The van der Waals surface area contributed by atoms with Crippen molar-refractivity contribution in [3.05, 3.63) is 131 Å². The minimum absolute atomic E-state index is 0.0526. The zero-order valence-corrected chi connectivity index (χ0v) is 20.7. The van der Waals surface area contributed by atoms with Crippen molar-refractivity contribution < 1.29 is 13.2 Å². The van der Waals surface area contributed by atoms with Crippen LogP contribution in [-0.2, 0) is 14.8 Å². The average molecular weight is 505 g/mol. The summed E-state index contributed by atoms with van der Waals surface area (Å²) in [7, 11) is -4.02. The molecule has 178 valence electrons. The van der Waals surface area contributed by atoms with E-state index >= 15 is 0 Å². The number of aryl methyl sites for hydroxylation is 1. The quantitative estimate of drug-likeness (QED) is 0.332. The van der Waals surface area contributed by atoms with E-state index in [1.54, 1.807) is 30.3 Å². The number of amides is 1. The molecule has 1 N–H and O–H groups in total. The summed E-state index contributed by atoms with van der Waals surface area (Å²) in [6.07, 6.45) is 0. The normalized spacial score (nSPS) is 12.1. The number of carbonyl (C=O) groups is 1. The van der Waals surface area contributed by atoms with Crippen molar-refractivity contribution in [1.29, 1.82) is 0 Å². The van der Waals surface area contributed by atoms with Crippen molar-refractivity contribution in [1.82, 2.24) is 5.32 Å². The van der Waals surface area contributed by atoms with E-state index in [0.717, 1.165) is 21.0 Å². The first-order valence-electron chi connectivity index (χ1n) is 11.1. The first kappa shape index (κ1) is 24.5. The molecule has 0 radical (unpaired) electrons. The third kappa shape index (κ3) is 5.91. The molecule has 5 nitrogen and oxygen atoms in total. The van der Waals surface area contributed by atoms with Crippen LogP contribution in [0.2, 0.25) is 5.02 Å². The maximum absolute atomic E-state index is 13.6. The number of hydrogen-bond acceptors (Lipinski definition) is 3. The lowest BCUT2D eigenvalue weighted by molar-refractivity contribution is -0.120. The molecule has 4 aromatic rings. The van der Waals surface area contributed by atoms with Crippen LogP contribution in [0, 0.1) is 6.92 Å². The number of hydrogen-bond donors (Lipinski definition) is 1. The Hall–Kier alpha value is -3.61. The maximum Gasteiger partial charge on any atom is 0.264 e. The summed E-state index contributed by atoms with van der Waals surface area (Å²) in [5.74, 6) is -0.429. The van der Waals surface area contributed by atoms with Gasteiger partial charge in [0.15, 0.2) is 0 Å². The standard InChI is InChI=1S/C28H25ClN2O3S/c1-21-9-8-12-23(19-21)28(22-10-4-2-5-11-22)30-27(32)20-31(25-13-6-3-7-14-25)35(33,34)26-17-15-24(29)16-18-26/h2-19,28H,20H2,1H3,(H,30,32). The van der Waals surface area contributed by atoms with Crippen LogP contribution < -0.4 is 9.62 Å². The van der Waals surface area contributed by atoms with Gasteiger partial charge in [0.25, 0.3) is 10.0 Å². The van der Waals surface area contributed by atoms with Crippen LogP contribution in [0.5, 0.6) is 0 Å². The number of anilines is 1. The molecule has 0 aliphatic heterocycles. The third-order valence-electron chi connectivity index (χ3n) is 5.55. The highest BCUT2D eigenvalue weighted by Gasteiger charge is 2.28. The van der Waals surface area contributed by atoms with Crippen LogP contribution in [0.25, 0.3) is 0 Å². The summed E-state index contributed by atoms with van der Waals surface area (Å²) in [5.41, 5.74) is 3.27. The highest BCUT2D eigenvalue weighted by atomic mass is 35.5. The number of benzene rings is 4. The van der Waals surface area contributed by atoms with E-state index in [1.807, 2.05) is 61.5 Å². The zero-order valence-electron chi connectivity index (χ0n) is 19.1. The van der Waals surface area contributed by atoms with Gasteiger partial charge in [0, 0.05) is 5.02 Å². The predicted molar refractivity (Wildman–Crippen MR) is 140 cm³/mol. The Bertz CT molecular complexity index is 1390. The molecular weight excluding hydrogens is 480 g/mol. The van der Waals surface area contributed by atoms with Gasteiger partial charge in [-0.05, 0) is 54.4 Å². The van der Waals surface area contributed by atoms with Crippen LogP contribution >= 0.6 is 11.6 Å². The molecule has 0 saturated heterocycles. The van der Waals surface area contributed by atoms with Gasteiger partial charge >= 0.3 is 0 Å². The summed E-state index contributed by atoms with van der Waals surface area (Å²) in [5, 5.41) is 3.47. The fourth-order valence-electron chi connectivity index (χ4n) is 3.83. The molecule has 35 heavy (non-hydrogen) atoms. The van der Waals surface area contributed by atoms with Gasteiger partial charge < -0.3 is 5.32 Å². The van der Waals surface area contributed by atoms with Crippen molar-refractivity contribution in [3.63, 3.8) is 0 Å². The molecule has 1 unspecified atom stereocenters. The molecule has 0 bridgehead atoms. The second kappa shape index (κ2) is 10.8. The lowest BCUT2D eigenvalue weighted by atomic mass is 9.97. The number of halogens is 1. The highest BCUT2D eigenvalue weighted by molar-refractivity contribution is 7.92. The number of rotatable bonds is 8. The van der Waals surface area contributed by atoms with Gasteiger partial charge in [-0.25, -0.2) is 8.42 Å². The van der Waals surface area contributed by atoms with Crippen LogP contribution in [0.1, 0.15) is 22.7 Å². The number of para-hydroxylation sites is 1. The predicted octanol–water partition coefficient (Wildman–Crippen LogP) is 5.75. The first-order chi connectivity index (χ1) is 16.8. The molecule has 4 aromatic carbocycles. The van der Waals surface area contributed by atoms with E-state index in [1.165, 1.54) is 24.3 Å². The van der Waals surface area contributed by atoms with E-state index in [0.29, 0.717) is 10.7 Å². The van der Waals surface area contributed by atoms with E-state index in [2.05, 4.69) is 5.32 Å². The van der Waals surface area contributed by atoms with Crippen LogP contribution in [-0.4, -0.2) is 20.9 Å². The number of nitrogens with one attached hydrogen (secondary N) is 1. The van der Waals surface area contributed by atoms with Crippen molar-refractivity contribution in [2.75, 3.05) is 10.8 Å². The number of nitrogens with zero attached hydrogens (tertiary/aromatic N) is 1. The van der Waals surface area contributed by atoms with Crippen molar-refractivity contribution in [2.45, 2.75) is 17.9 Å². The zero-order chi connectivity index (χ0) is 24.8. The minimum atomic E-state index is -4.02. The molecule has 0 heterocycles. The number of carbonyl (C=O) groups excluding carboxylic acids is 1. The maximum atomic E-state index is 13.6. The lowest BCUT2D eigenvalue weighted by Crippen LogP contribution is -2.42. The van der Waals surface area contributed by atoms with Crippen molar-refractivity contribution >= 4 is 33.2 Å². The van der Waals surface area contributed by atoms with Crippen LogP contribution in [0.3, 0.4) is 0 Å². The van der Waals surface area contributed by atoms with E-state index in [-0.39, 0.29) is 11.4 Å². The van der Waals surface area contributed by atoms with Gasteiger partial charge in [0.1, 0.15) is 6.54 Å². The molecule has 4 rings (SSSR count). The molecular formula is C28H25ClN2O3S. The molecule has 0 saturated carbocycles. The second-order valence-corrected chi connectivity index (χ2v) is 10.4. The van der Waals surface area contributed by atoms with Crippen LogP contribution in [0.15, 0.2) is 114 Å². The van der Waals surface area contributed by atoms with E-state index in [9.17, 15) is 13.2 Å². The van der Waals surface area contributed by atoms with Crippen molar-refractivity contribution in [2.24, 2.45) is 0 Å². The van der Waals surface area contributed by atoms with Gasteiger partial charge in [0.2, 0.25) is 5.91 Å². The highest BCUT2D eigenvalue weighted by Crippen LogP contribution is 2.26. The smallest absolute Gasteiger partial charge is 0.264 e. The Balaban J connectivity index is 1.67. The topological polar surface area (TPSA) is 66.5 Å². The van der Waals surface area contributed by atoms with Gasteiger partial charge in [-0.2, -0.15) is 0 Å². The second-order valence-electron chi connectivity index (χ2n) is 8.13. The van der Waals surface area contributed by atoms with Gasteiger partial charge in [0.05, 0.1) is 16.6 Å². The molecule has 0 aromatic heterocycles. The molecule has 1 atom stereocenters. The fourth-order valence-corrected chi connectivity index (χ4v) is 5.38.